The predicted molar refractivity (Wildman–Crippen MR) is 148 cm³/mol. The van der Waals surface area contributed by atoms with Crippen LogP contribution in [0, 0.1) is 0 Å². The van der Waals surface area contributed by atoms with Crippen molar-refractivity contribution in [3.05, 3.63) is 126 Å². The minimum Gasteiger partial charge on any atom is -0.107 e. The quantitative estimate of drug-likeness (QED) is 0.130. The summed E-state index contributed by atoms with van der Waals surface area (Å²) in [4.78, 5) is 0. The van der Waals surface area contributed by atoms with Gasteiger partial charge in [0, 0.05) is 4.43 Å². The van der Waals surface area contributed by atoms with E-state index in [1.165, 1.54) is 32.6 Å². The second kappa shape index (κ2) is 11.2. The summed E-state index contributed by atoms with van der Waals surface area (Å²) in [6, 6.07) is 39.9. The van der Waals surface area contributed by atoms with Gasteiger partial charge in [-0.3, -0.25) is 0 Å². The maximum atomic E-state index is 2.44. The van der Waals surface area contributed by atoms with Gasteiger partial charge in [-0.15, -0.1) is 24.0 Å². The second-order valence-corrected chi connectivity index (χ2v) is 9.71. The van der Waals surface area contributed by atoms with Crippen molar-refractivity contribution in [2.24, 2.45) is 0 Å². The summed E-state index contributed by atoms with van der Waals surface area (Å²) in [7, 11) is -0.576. The molecule has 0 atom stereocenters. The Balaban J connectivity index is 0.00000240. The van der Waals surface area contributed by atoms with Crippen LogP contribution in [0.25, 0.3) is 0 Å². The average Bonchev–Trinajstić information content (AvgIpc) is 2.77. The molecule has 0 nitrogen and oxygen atoms in total. The van der Waals surface area contributed by atoms with E-state index in [-0.39, 0.29) is 24.0 Å². The van der Waals surface area contributed by atoms with E-state index >= 15 is 0 Å². The van der Waals surface area contributed by atoms with Crippen molar-refractivity contribution >= 4 is 70.4 Å². The van der Waals surface area contributed by atoms with Crippen LogP contribution in [0.3, 0.4) is 0 Å². The molecule has 0 saturated heterocycles. The van der Waals surface area contributed by atoms with Gasteiger partial charge in [0.05, 0.1) is 0 Å². The molecule has 0 bridgehead atoms. The fourth-order valence-corrected chi connectivity index (χ4v) is 6.45. The van der Waals surface area contributed by atoms with Crippen LogP contribution in [0.15, 0.2) is 109 Å². The van der Waals surface area contributed by atoms with Crippen LogP contribution >= 0.6 is 54.5 Å². The highest BCUT2D eigenvalue weighted by Crippen LogP contribution is 2.34. The van der Waals surface area contributed by atoms with Gasteiger partial charge in [0.1, 0.15) is 0 Å². The summed E-state index contributed by atoms with van der Waals surface area (Å²) in [6.07, 6.45) is 0.971. The fourth-order valence-electron chi connectivity index (χ4n) is 3.50. The monoisotopic (exact) mass is 620 g/mol. The van der Waals surface area contributed by atoms with E-state index in [0.717, 1.165) is 10.8 Å². The normalized spacial score (nSPS) is 10.6. The largest absolute Gasteiger partial charge is 0.107 e. The van der Waals surface area contributed by atoms with E-state index in [9.17, 15) is 0 Å². The molecule has 0 heterocycles. The van der Waals surface area contributed by atoms with Crippen LogP contribution in [0.5, 0.6) is 0 Å². The van der Waals surface area contributed by atoms with E-state index in [2.05, 4.69) is 132 Å². The number of alkyl halides is 1. The van der Waals surface area contributed by atoms with Crippen molar-refractivity contribution in [2.75, 3.05) is 0 Å². The molecule has 0 aliphatic heterocycles. The number of hydrogen-bond donors (Lipinski definition) is 0. The highest BCUT2D eigenvalue weighted by atomic mass is 127. The minimum absolute atomic E-state index is 0. The molecule has 0 aliphatic carbocycles. The molecule has 0 aromatic heterocycles. The molecule has 4 rings (SSSR count). The zero-order valence-corrected chi connectivity index (χ0v) is 21.4. The van der Waals surface area contributed by atoms with Crippen molar-refractivity contribution in [3.8, 4) is 0 Å². The Kier molecular flexibility index (Phi) is 8.70. The molecule has 4 aromatic carbocycles. The lowest BCUT2D eigenvalue weighted by molar-refractivity contribution is 1.19. The van der Waals surface area contributed by atoms with Gasteiger partial charge in [-0.2, -0.15) is 0 Å². The molecular formula is C26H23I2P. The van der Waals surface area contributed by atoms with Gasteiger partial charge >= 0.3 is 0 Å². The molecule has 29 heavy (non-hydrogen) atoms. The lowest BCUT2D eigenvalue weighted by atomic mass is 10.0. The van der Waals surface area contributed by atoms with Gasteiger partial charge in [-0.1, -0.05) is 132 Å². The lowest BCUT2D eigenvalue weighted by Gasteiger charge is -2.22. The van der Waals surface area contributed by atoms with Gasteiger partial charge in [-0.25, -0.2) is 0 Å². The van der Waals surface area contributed by atoms with Crippen LogP contribution in [0.4, 0.5) is 0 Å². The fraction of sp³-hybridized carbons (Fsp3) is 0.0769. The molecule has 0 unspecified atom stereocenters. The van der Waals surface area contributed by atoms with Gasteiger partial charge in [0.25, 0.3) is 0 Å². The molecule has 3 heteroatoms. The maximum absolute atomic E-state index is 2.44. The highest BCUT2D eigenvalue weighted by Gasteiger charge is 2.19. The number of halogens is 2. The summed E-state index contributed by atoms with van der Waals surface area (Å²) >= 11 is 2.44. The zero-order chi connectivity index (χ0) is 19.2. The first kappa shape index (κ1) is 22.5. The molecule has 0 radical (unpaired) electrons. The Bertz CT molecular complexity index is 993. The van der Waals surface area contributed by atoms with Crippen molar-refractivity contribution < 1.29 is 0 Å². The Morgan fingerprint density at radius 2 is 1.14 bits per heavy atom. The first-order valence-corrected chi connectivity index (χ1v) is 12.3. The van der Waals surface area contributed by atoms with Crippen LogP contribution in [-0.2, 0) is 10.8 Å². The van der Waals surface area contributed by atoms with E-state index in [0.29, 0.717) is 0 Å². The van der Waals surface area contributed by atoms with Gasteiger partial charge < -0.3 is 0 Å². The molecule has 4 aromatic rings. The van der Waals surface area contributed by atoms with Gasteiger partial charge in [0.2, 0.25) is 0 Å². The number of rotatable bonds is 6. The van der Waals surface area contributed by atoms with Crippen molar-refractivity contribution in [3.63, 3.8) is 0 Å². The molecule has 0 aliphatic rings. The number of hydrogen-bond acceptors (Lipinski definition) is 0. The first-order valence-electron chi connectivity index (χ1n) is 9.47. The van der Waals surface area contributed by atoms with Crippen molar-refractivity contribution in [2.45, 2.75) is 10.8 Å². The van der Waals surface area contributed by atoms with Gasteiger partial charge in [-0.05, 0) is 46.9 Å². The van der Waals surface area contributed by atoms with E-state index < -0.39 is 7.92 Å². The van der Waals surface area contributed by atoms with Crippen LogP contribution in [-0.4, -0.2) is 0 Å². The summed E-state index contributed by atoms with van der Waals surface area (Å²) in [5.41, 5.74) is 4.20. The third kappa shape index (κ3) is 5.68. The van der Waals surface area contributed by atoms with Gasteiger partial charge in [0.15, 0.2) is 0 Å². The van der Waals surface area contributed by atoms with E-state index in [4.69, 9.17) is 0 Å². The summed E-state index contributed by atoms with van der Waals surface area (Å²) in [5, 5.41) is 4.25. The minimum atomic E-state index is -0.576. The van der Waals surface area contributed by atoms with Crippen LogP contribution < -0.4 is 15.9 Å². The Labute approximate surface area is 205 Å². The van der Waals surface area contributed by atoms with E-state index in [1.54, 1.807) is 0 Å². The average molecular weight is 620 g/mol. The molecule has 146 valence electrons. The molecule has 0 fully saturated rings. The number of benzene rings is 4. The Hall–Kier alpha value is -1.23. The smallest absolute Gasteiger partial charge is 0.0247 e. The lowest BCUT2D eigenvalue weighted by Crippen LogP contribution is -2.23. The first-order chi connectivity index (χ1) is 13.8. The predicted octanol–water partition coefficient (Wildman–Crippen LogP) is 6.59. The molecular weight excluding hydrogens is 597 g/mol. The Morgan fingerprint density at radius 3 is 1.76 bits per heavy atom. The second-order valence-electron chi connectivity index (χ2n) is 6.77. The third-order valence-corrected chi connectivity index (χ3v) is 8.23. The highest BCUT2D eigenvalue weighted by molar-refractivity contribution is 14.1. The topological polar surface area (TPSA) is 0 Å². The van der Waals surface area contributed by atoms with Crippen LogP contribution in [0.2, 0.25) is 0 Å². The summed E-state index contributed by atoms with van der Waals surface area (Å²) in [6.45, 7) is 0. The van der Waals surface area contributed by atoms with Crippen molar-refractivity contribution in [1.29, 1.82) is 0 Å². The van der Waals surface area contributed by atoms with Crippen molar-refractivity contribution in [1.82, 2.24) is 0 Å². The zero-order valence-electron chi connectivity index (χ0n) is 16.0. The summed E-state index contributed by atoms with van der Waals surface area (Å²) in [5.74, 6) is 0. The summed E-state index contributed by atoms with van der Waals surface area (Å²) < 4.78 is 1.05. The molecule has 0 spiro atoms. The maximum Gasteiger partial charge on any atom is 0.0247 e. The molecule has 0 amide bonds. The third-order valence-electron chi connectivity index (χ3n) is 4.80. The SMILES string of the molecule is I.ICc1cccc(Cc2ccccc2P(c2ccccc2)c2ccccc2)c1. The molecule has 0 N–H and O–H groups in total. The standard InChI is InChI=1S/C26H22IP.HI/c27-20-22-11-9-10-21(18-22)19-23-12-7-8-17-26(23)28(24-13-3-1-4-14-24)25-15-5-2-6-16-25;/h1-18H,19-20H2;1H. The molecule has 0 saturated carbocycles. The Morgan fingerprint density at radius 1 is 0.586 bits per heavy atom. The van der Waals surface area contributed by atoms with Crippen LogP contribution in [0.1, 0.15) is 16.7 Å². The van der Waals surface area contributed by atoms with E-state index in [1.807, 2.05) is 0 Å².